The standard InChI is InChI=1S/C27H28N2OS/c1-4-17-29-23-16-15-22(19(2)3)18-24(23)31-27(29)28-26(30)25(20-11-7-5-8-12-20)21-13-9-6-10-14-21/h5-16,18-19,25H,4,17H2,1-3H3. The van der Waals surface area contributed by atoms with Crippen LogP contribution in [-0.4, -0.2) is 10.5 Å². The summed E-state index contributed by atoms with van der Waals surface area (Å²) in [4.78, 5) is 19.0. The van der Waals surface area contributed by atoms with Crippen molar-refractivity contribution in [3.63, 3.8) is 0 Å². The second kappa shape index (κ2) is 9.44. The lowest BCUT2D eigenvalue weighted by Gasteiger charge is -2.14. The Bertz CT molecular complexity index is 1200. The van der Waals surface area contributed by atoms with Crippen molar-refractivity contribution in [3.8, 4) is 0 Å². The summed E-state index contributed by atoms with van der Waals surface area (Å²) in [5.41, 5.74) is 4.39. The Labute approximate surface area is 187 Å². The van der Waals surface area contributed by atoms with Crippen molar-refractivity contribution in [2.24, 2.45) is 4.99 Å². The minimum absolute atomic E-state index is 0.127. The van der Waals surface area contributed by atoms with Crippen LogP contribution in [0.5, 0.6) is 0 Å². The number of rotatable bonds is 6. The summed E-state index contributed by atoms with van der Waals surface area (Å²) in [6.45, 7) is 7.40. The zero-order valence-corrected chi connectivity index (χ0v) is 19.1. The lowest BCUT2D eigenvalue weighted by Crippen LogP contribution is -2.20. The van der Waals surface area contributed by atoms with Crippen LogP contribution >= 0.6 is 11.3 Å². The fourth-order valence-electron chi connectivity index (χ4n) is 3.90. The second-order valence-electron chi connectivity index (χ2n) is 8.12. The largest absolute Gasteiger partial charge is 0.316 e. The number of aromatic nitrogens is 1. The molecule has 0 aliphatic heterocycles. The highest BCUT2D eigenvalue weighted by Gasteiger charge is 2.22. The van der Waals surface area contributed by atoms with Crippen molar-refractivity contribution < 1.29 is 4.79 Å². The number of hydrogen-bond donors (Lipinski definition) is 0. The zero-order valence-electron chi connectivity index (χ0n) is 18.3. The van der Waals surface area contributed by atoms with Crippen molar-refractivity contribution in [3.05, 3.63) is 100 Å². The maximum atomic E-state index is 13.5. The number of carbonyl (C=O) groups is 1. The molecule has 158 valence electrons. The normalized spacial score (nSPS) is 12.2. The van der Waals surface area contributed by atoms with Crippen molar-refractivity contribution in [1.82, 2.24) is 4.57 Å². The Morgan fingerprint density at radius 3 is 2.06 bits per heavy atom. The van der Waals surface area contributed by atoms with Gasteiger partial charge in [0.05, 0.1) is 16.1 Å². The smallest absolute Gasteiger partial charge is 0.260 e. The summed E-state index contributed by atoms with van der Waals surface area (Å²) < 4.78 is 3.37. The van der Waals surface area contributed by atoms with Gasteiger partial charge in [0.25, 0.3) is 5.91 Å². The second-order valence-corrected chi connectivity index (χ2v) is 9.13. The minimum Gasteiger partial charge on any atom is -0.316 e. The average molecular weight is 429 g/mol. The number of carbonyl (C=O) groups excluding carboxylic acids is 1. The highest BCUT2D eigenvalue weighted by Crippen LogP contribution is 2.27. The molecule has 4 aromatic rings. The molecule has 4 heteroatoms. The fourth-order valence-corrected chi connectivity index (χ4v) is 5.01. The first kappa shape index (κ1) is 21.3. The van der Waals surface area contributed by atoms with Gasteiger partial charge in [-0.15, -0.1) is 0 Å². The molecule has 0 saturated carbocycles. The van der Waals surface area contributed by atoms with Crippen LogP contribution in [-0.2, 0) is 11.3 Å². The molecule has 3 nitrogen and oxygen atoms in total. The first-order valence-electron chi connectivity index (χ1n) is 10.9. The Balaban J connectivity index is 1.85. The highest BCUT2D eigenvalue weighted by molar-refractivity contribution is 7.16. The van der Waals surface area contributed by atoms with Crippen molar-refractivity contribution in [2.45, 2.75) is 45.6 Å². The van der Waals surface area contributed by atoms with E-state index in [0.29, 0.717) is 5.92 Å². The molecule has 31 heavy (non-hydrogen) atoms. The third-order valence-electron chi connectivity index (χ3n) is 5.54. The lowest BCUT2D eigenvalue weighted by atomic mass is 9.91. The molecular weight excluding hydrogens is 400 g/mol. The fraction of sp³-hybridized carbons (Fsp3) is 0.259. The molecule has 1 amide bonds. The topological polar surface area (TPSA) is 34.4 Å². The van der Waals surface area contributed by atoms with E-state index in [0.717, 1.165) is 34.4 Å². The average Bonchev–Trinajstić information content (AvgIpc) is 3.12. The summed E-state index contributed by atoms with van der Waals surface area (Å²) >= 11 is 1.61. The first-order valence-corrected chi connectivity index (χ1v) is 11.7. The van der Waals surface area contributed by atoms with Gasteiger partial charge in [-0.05, 0) is 41.2 Å². The Hall–Kier alpha value is -2.98. The molecule has 0 N–H and O–H groups in total. The molecule has 0 bridgehead atoms. The molecule has 4 rings (SSSR count). The van der Waals surface area contributed by atoms with E-state index in [4.69, 9.17) is 0 Å². The van der Waals surface area contributed by atoms with Crippen LogP contribution in [0.1, 0.15) is 55.7 Å². The Morgan fingerprint density at radius 1 is 0.903 bits per heavy atom. The van der Waals surface area contributed by atoms with Crippen molar-refractivity contribution in [2.75, 3.05) is 0 Å². The molecule has 0 aliphatic rings. The van der Waals surface area contributed by atoms with E-state index in [1.165, 1.54) is 10.3 Å². The number of nitrogens with zero attached hydrogens (tertiary/aromatic N) is 2. The minimum atomic E-state index is -0.408. The molecule has 1 heterocycles. The quantitative estimate of drug-likeness (QED) is 0.345. The molecule has 3 aromatic carbocycles. The van der Waals surface area contributed by atoms with Crippen LogP contribution in [0, 0.1) is 0 Å². The summed E-state index contributed by atoms with van der Waals surface area (Å²) in [5, 5.41) is 0. The van der Waals surface area contributed by atoms with E-state index >= 15 is 0 Å². The number of benzene rings is 3. The molecule has 0 unspecified atom stereocenters. The van der Waals surface area contributed by atoms with E-state index in [1.807, 2.05) is 60.7 Å². The van der Waals surface area contributed by atoms with Crippen LogP contribution in [0.25, 0.3) is 10.2 Å². The molecule has 0 saturated heterocycles. The Morgan fingerprint density at radius 2 is 1.52 bits per heavy atom. The summed E-state index contributed by atoms with van der Waals surface area (Å²) in [6.07, 6.45) is 0.986. The van der Waals surface area contributed by atoms with Crippen LogP contribution in [0.15, 0.2) is 83.9 Å². The van der Waals surface area contributed by atoms with E-state index in [2.05, 4.69) is 48.5 Å². The van der Waals surface area contributed by atoms with Crippen molar-refractivity contribution >= 4 is 27.5 Å². The molecule has 0 fully saturated rings. The molecule has 0 atom stereocenters. The van der Waals surface area contributed by atoms with E-state index in [-0.39, 0.29) is 5.91 Å². The predicted octanol–water partition coefficient (Wildman–Crippen LogP) is 6.50. The lowest BCUT2D eigenvalue weighted by molar-refractivity contribution is -0.118. The first-order chi connectivity index (χ1) is 15.1. The maximum Gasteiger partial charge on any atom is 0.260 e. The van der Waals surface area contributed by atoms with Crippen LogP contribution in [0.2, 0.25) is 0 Å². The van der Waals surface area contributed by atoms with Gasteiger partial charge in [0.15, 0.2) is 4.80 Å². The van der Waals surface area contributed by atoms with Crippen molar-refractivity contribution in [1.29, 1.82) is 0 Å². The summed E-state index contributed by atoms with van der Waals surface area (Å²) in [5.74, 6) is -0.0690. The van der Waals surface area contributed by atoms with E-state index in [9.17, 15) is 4.79 Å². The molecule has 0 radical (unpaired) electrons. The number of hydrogen-bond acceptors (Lipinski definition) is 2. The van der Waals surface area contributed by atoms with Crippen LogP contribution in [0.3, 0.4) is 0 Å². The molecule has 1 aromatic heterocycles. The van der Waals surface area contributed by atoms with Gasteiger partial charge in [0, 0.05) is 6.54 Å². The third kappa shape index (κ3) is 4.54. The zero-order chi connectivity index (χ0) is 21.8. The summed E-state index contributed by atoms with van der Waals surface area (Å²) in [7, 11) is 0. The summed E-state index contributed by atoms with van der Waals surface area (Å²) in [6, 6.07) is 26.5. The van der Waals surface area contributed by atoms with Gasteiger partial charge in [0.2, 0.25) is 0 Å². The molecule has 0 aliphatic carbocycles. The van der Waals surface area contributed by atoms with E-state index in [1.54, 1.807) is 11.3 Å². The number of amides is 1. The van der Waals surface area contributed by atoms with Gasteiger partial charge < -0.3 is 4.57 Å². The van der Waals surface area contributed by atoms with Gasteiger partial charge in [-0.25, -0.2) is 0 Å². The maximum absolute atomic E-state index is 13.5. The predicted molar refractivity (Wildman–Crippen MR) is 129 cm³/mol. The van der Waals surface area contributed by atoms with E-state index < -0.39 is 5.92 Å². The van der Waals surface area contributed by atoms with Gasteiger partial charge in [-0.1, -0.05) is 98.8 Å². The van der Waals surface area contributed by atoms with Crippen LogP contribution in [0.4, 0.5) is 0 Å². The van der Waals surface area contributed by atoms with Gasteiger partial charge >= 0.3 is 0 Å². The highest BCUT2D eigenvalue weighted by atomic mass is 32.1. The number of thiazole rings is 1. The van der Waals surface area contributed by atoms with Gasteiger partial charge in [0.1, 0.15) is 0 Å². The SMILES string of the molecule is CCCn1c(=NC(=O)C(c2ccccc2)c2ccccc2)sc2cc(C(C)C)ccc21. The molecule has 0 spiro atoms. The van der Waals surface area contributed by atoms with Gasteiger partial charge in [-0.2, -0.15) is 4.99 Å². The monoisotopic (exact) mass is 428 g/mol. The number of aryl methyl sites for hydroxylation is 1. The number of fused-ring (bicyclic) bond motifs is 1. The Kier molecular flexibility index (Phi) is 6.47. The molecular formula is C27H28N2OS. The third-order valence-corrected chi connectivity index (χ3v) is 6.58. The van der Waals surface area contributed by atoms with Gasteiger partial charge in [-0.3, -0.25) is 4.79 Å². The van der Waals surface area contributed by atoms with Crippen LogP contribution < -0.4 is 4.80 Å².